The molecule has 0 heterocycles. The third-order valence-corrected chi connectivity index (χ3v) is 5.95. The van der Waals surface area contributed by atoms with E-state index in [-0.39, 0.29) is 0 Å². The number of hydrogen-bond donors (Lipinski definition) is 0. The van der Waals surface area contributed by atoms with E-state index in [0.717, 1.165) is 0 Å². The van der Waals surface area contributed by atoms with E-state index in [0.29, 0.717) is 6.61 Å². The van der Waals surface area contributed by atoms with Crippen molar-refractivity contribution in [3.8, 4) is 11.5 Å². The summed E-state index contributed by atoms with van der Waals surface area (Å²) in [6, 6.07) is 10.5. The maximum absolute atomic E-state index is 6.00. The van der Waals surface area contributed by atoms with E-state index >= 15 is 0 Å². The molecule has 0 amide bonds. The van der Waals surface area contributed by atoms with Crippen LogP contribution in [-0.4, -0.2) is 23.0 Å². The molecule has 0 bridgehead atoms. The van der Waals surface area contributed by atoms with E-state index in [2.05, 4.69) is 68.5 Å². The second-order valence-corrected chi connectivity index (χ2v) is 14.4. The van der Waals surface area contributed by atoms with Crippen LogP contribution in [0.5, 0.6) is 0 Å². The van der Waals surface area contributed by atoms with Gasteiger partial charge in [-0.15, -0.1) is 5.54 Å². The molecular formula is C14H22OSi2. The largest absolute Gasteiger partial charge is 0.402 e. The zero-order valence-electron chi connectivity index (χ0n) is 11.5. The molecule has 0 aliphatic rings. The Kier molecular flexibility index (Phi) is 4.75. The molecular weight excluding hydrogens is 240 g/mol. The Morgan fingerprint density at radius 3 is 2.12 bits per heavy atom. The lowest BCUT2D eigenvalue weighted by Crippen LogP contribution is -2.44. The standard InChI is InChI=1S/C14H22OSi2/c1-16(2,3)13-9-12-15-17(4,5)14-10-7-6-8-11-14/h6-8,10-11H,12H2,1-5H3. The second-order valence-electron chi connectivity index (χ2n) is 5.72. The molecule has 92 valence electrons. The Labute approximate surface area is 107 Å². The lowest BCUT2D eigenvalue weighted by atomic mass is 10.4. The van der Waals surface area contributed by atoms with Crippen LogP contribution in [0.1, 0.15) is 0 Å². The van der Waals surface area contributed by atoms with Crippen LogP contribution in [0.3, 0.4) is 0 Å². The normalized spacial score (nSPS) is 11.8. The molecule has 0 aliphatic carbocycles. The van der Waals surface area contributed by atoms with Gasteiger partial charge in [0.1, 0.15) is 8.07 Å². The van der Waals surface area contributed by atoms with Crippen LogP contribution < -0.4 is 5.19 Å². The van der Waals surface area contributed by atoms with Crippen molar-refractivity contribution in [2.45, 2.75) is 32.7 Å². The van der Waals surface area contributed by atoms with E-state index in [1.165, 1.54) is 5.19 Å². The van der Waals surface area contributed by atoms with Crippen LogP contribution in [0.4, 0.5) is 0 Å². The number of rotatable bonds is 3. The lowest BCUT2D eigenvalue weighted by Gasteiger charge is -2.21. The third-order valence-electron chi connectivity index (χ3n) is 2.44. The van der Waals surface area contributed by atoms with Crippen LogP contribution in [0.25, 0.3) is 0 Å². The van der Waals surface area contributed by atoms with Crippen LogP contribution in [0.15, 0.2) is 30.3 Å². The third kappa shape index (κ3) is 5.36. The topological polar surface area (TPSA) is 9.23 Å². The molecule has 0 radical (unpaired) electrons. The van der Waals surface area contributed by atoms with Gasteiger partial charge in [-0.05, 0) is 18.3 Å². The zero-order valence-corrected chi connectivity index (χ0v) is 13.5. The summed E-state index contributed by atoms with van der Waals surface area (Å²) in [4.78, 5) is 0. The fourth-order valence-electron chi connectivity index (χ4n) is 1.44. The summed E-state index contributed by atoms with van der Waals surface area (Å²) in [5.41, 5.74) is 3.33. The maximum Gasteiger partial charge on any atom is 0.219 e. The van der Waals surface area contributed by atoms with Gasteiger partial charge in [0.25, 0.3) is 0 Å². The molecule has 3 heteroatoms. The fourth-order valence-corrected chi connectivity index (χ4v) is 3.64. The van der Waals surface area contributed by atoms with Gasteiger partial charge in [-0.2, -0.15) is 0 Å². The summed E-state index contributed by atoms with van der Waals surface area (Å²) in [5, 5.41) is 1.33. The number of benzene rings is 1. The smallest absolute Gasteiger partial charge is 0.219 e. The predicted molar refractivity (Wildman–Crippen MR) is 80.6 cm³/mol. The van der Waals surface area contributed by atoms with E-state index < -0.39 is 16.4 Å². The molecule has 0 unspecified atom stereocenters. The van der Waals surface area contributed by atoms with Gasteiger partial charge in [0.2, 0.25) is 8.32 Å². The van der Waals surface area contributed by atoms with Gasteiger partial charge in [-0.3, -0.25) is 0 Å². The molecule has 0 atom stereocenters. The van der Waals surface area contributed by atoms with Crippen molar-refractivity contribution in [3.05, 3.63) is 30.3 Å². The van der Waals surface area contributed by atoms with Crippen molar-refractivity contribution < 1.29 is 4.43 Å². The number of hydrogen-bond acceptors (Lipinski definition) is 1. The summed E-state index contributed by atoms with van der Waals surface area (Å²) in [5.74, 6) is 3.18. The van der Waals surface area contributed by atoms with Gasteiger partial charge in [0.15, 0.2) is 0 Å². The quantitative estimate of drug-likeness (QED) is 0.601. The monoisotopic (exact) mass is 262 g/mol. The first-order valence-corrected chi connectivity index (χ1v) is 12.4. The molecule has 1 rings (SSSR count). The Hall–Kier alpha value is -0.826. The average Bonchev–Trinajstić information content (AvgIpc) is 2.25. The van der Waals surface area contributed by atoms with Crippen molar-refractivity contribution in [1.29, 1.82) is 0 Å². The van der Waals surface area contributed by atoms with Crippen molar-refractivity contribution in [2.75, 3.05) is 6.61 Å². The highest BCUT2D eigenvalue weighted by Gasteiger charge is 2.24. The molecule has 0 N–H and O–H groups in total. The average molecular weight is 263 g/mol. The maximum atomic E-state index is 6.00. The molecule has 17 heavy (non-hydrogen) atoms. The first kappa shape index (κ1) is 14.2. The van der Waals surface area contributed by atoms with Crippen LogP contribution >= 0.6 is 0 Å². The fraction of sp³-hybridized carbons (Fsp3) is 0.429. The minimum atomic E-state index is -1.76. The van der Waals surface area contributed by atoms with Gasteiger partial charge in [-0.1, -0.05) is 55.9 Å². The Balaban J connectivity index is 2.59. The van der Waals surface area contributed by atoms with Crippen molar-refractivity contribution in [1.82, 2.24) is 0 Å². The van der Waals surface area contributed by atoms with Gasteiger partial charge in [0, 0.05) is 0 Å². The highest BCUT2D eigenvalue weighted by Crippen LogP contribution is 2.04. The van der Waals surface area contributed by atoms with E-state index in [1.54, 1.807) is 0 Å². The second kappa shape index (κ2) is 5.68. The first-order chi connectivity index (χ1) is 7.81. The van der Waals surface area contributed by atoms with Gasteiger partial charge >= 0.3 is 0 Å². The zero-order chi connectivity index (χ0) is 12.9. The summed E-state index contributed by atoms with van der Waals surface area (Å²) < 4.78 is 6.00. The van der Waals surface area contributed by atoms with E-state index in [9.17, 15) is 0 Å². The minimum absolute atomic E-state index is 0.568. The van der Waals surface area contributed by atoms with E-state index in [4.69, 9.17) is 4.43 Å². The molecule has 0 aromatic heterocycles. The molecule has 0 spiro atoms. The summed E-state index contributed by atoms with van der Waals surface area (Å²) in [6.45, 7) is 11.8. The minimum Gasteiger partial charge on any atom is -0.402 e. The highest BCUT2D eigenvalue weighted by atomic mass is 28.4. The lowest BCUT2D eigenvalue weighted by molar-refractivity contribution is 0.370. The Morgan fingerprint density at radius 2 is 1.59 bits per heavy atom. The molecule has 1 nitrogen and oxygen atoms in total. The Bertz CT molecular complexity index is 407. The highest BCUT2D eigenvalue weighted by molar-refractivity contribution is 6.84. The summed E-state index contributed by atoms with van der Waals surface area (Å²) in [7, 11) is -3.02. The van der Waals surface area contributed by atoms with Gasteiger partial charge < -0.3 is 4.43 Å². The molecule has 1 aromatic carbocycles. The summed E-state index contributed by atoms with van der Waals surface area (Å²) in [6.07, 6.45) is 0. The van der Waals surface area contributed by atoms with Crippen molar-refractivity contribution in [3.63, 3.8) is 0 Å². The van der Waals surface area contributed by atoms with Crippen LogP contribution in [0.2, 0.25) is 32.7 Å². The predicted octanol–water partition coefficient (Wildman–Crippen LogP) is 3.00. The van der Waals surface area contributed by atoms with Crippen molar-refractivity contribution >= 4 is 21.6 Å². The van der Waals surface area contributed by atoms with Crippen LogP contribution in [-0.2, 0) is 4.43 Å². The SMILES string of the molecule is C[Si](C)(C)C#CCO[Si](C)(C)c1ccccc1. The van der Waals surface area contributed by atoms with E-state index in [1.807, 2.05) is 6.07 Å². The van der Waals surface area contributed by atoms with Gasteiger partial charge in [-0.25, -0.2) is 0 Å². The molecule has 0 saturated carbocycles. The van der Waals surface area contributed by atoms with Crippen LogP contribution in [0, 0.1) is 11.5 Å². The van der Waals surface area contributed by atoms with Gasteiger partial charge in [0.05, 0.1) is 6.61 Å². The molecule has 1 aromatic rings. The molecule has 0 aliphatic heterocycles. The molecule has 0 saturated heterocycles. The summed E-state index contributed by atoms with van der Waals surface area (Å²) >= 11 is 0. The van der Waals surface area contributed by atoms with Crippen molar-refractivity contribution in [2.24, 2.45) is 0 Å². The Morgan fingerprint density at radius 1 is 1.00 bits per heavy atom. The molecule has 0 fully saturated rings. The first-order valence-electron chi connectivity index (χ1n) is 6.01.